The van der Waals surface area contributed by atoms with Crippen LogP contribution in [0.4, 0.5) is 18.9 Å². The molecule has 1 aliphatic heterocycles. The van der Waals surface area contributed by atoms with Crippen molar-refractivity contribution in [2.75, 3.05) is 32.5 Å². The van der Waals surface area contributed by atoms with Gasteiger partial charge in [-0.25, -0.2) is 4.98 Å². The molecule has 5 rings (SSSR count). The fourth-order valence-corrected chi connectivity index (χ4v) is 4.94. The van der Waals surface area contributed by atoms with Crippen molar-refractivity contribution in [1.29, 1.82) is 0 Å². The van der Waals surface area contributed by atoms with Gasteiger partial charge in [-0.1, -0.05) is 24.3 Å². The molecule has 1 saturated heterocycles. The second-order valence-electron chi connectivity index (χ2n) is 10.3. The number of para-hydroxylation sites is 2. The van der Waals surface area contributed by atoms with E-state index in [2.05, 4.69) is 27.2 Å². The normalized spacial score (nSPS) is 15.8. The Morgan fingerprint density at radius 3 is 2.67 bits per heavy atom. The molecule has 1 fully saturated rings. The molecule has 0 saturated carbocycles. The van der Waals surface area contributed by atoms with E-state index in [4.69, 9.17) is 0 Å². The van der Waals surface area contributed by atoms with Crippen LogP contribution in [0, 0.1) is 18.9 Å². The summed E-state index contributed by atoms with van der Waals surface area (Å²) in [5.74, 6) is 2.58. The minimum atomic E-state index is -4.54. The highest BCUT2D eigenvalue weighted by Crippen LogP contribution is 2.35. The van der Waals surface area contributed by atoms with Crippen molar-refractivity contribution >= 4 is 22.6 Å². The van der Waals surface area contributed by atoms with Crippen LogP contribution in [-0.4, -0.2) is 58.5 Å². The standard InChI is InChI=1S/C31H30F3N5O/c1-21-8-9-23(16-22(21)12-15-39-20-35-28-6-4-5-7-29(28)39)30(40)36-25-11-10-24(27(17-25)31(32,33)34)18-38-14-13-26(19-38)37(2)3/h4-11,16-17,20,26H,13-14,18-19H2,1-3H3,(H,36,40)/t26-/m1/s1. The summed E-state index contributed by atoms with van der Waals surface area (Å²) in [5, 5.41) is 2.63. The molecule has 1 N–H and O–H groups in total. The zero-order valence-electron chi connectivity index (χ0n) is 22.6. The second kappa shape index (κ2) is 11.2. The highest BCUT2D eigenvalue weighted by molar-refractivity contribution is 6.04. The molecule has 1 aliphatic rings. The van der Waals surface area contributed by atoms with E-state index in [1.807, 2.05) is 50.2 Å². The molecule has 2 heterocycles. The molecule has 40 heavy (non-hydrogen) atoms. The monoisotopic (exact) mass is 545 g/mol. The number of nitrogens with zero attached hydrogens (tertiary/aromatic N) is 4. The molecule has 0 spiro atoms. The smallest absolute Gasteiger partial charge is 0.322 e. The summed E-state index contributed by atoms with van der Waals surface area (Å²) in [4.78, 5) is 21.5. The van der Waals surface area contributed by atoms with Gasteiger partial charge < -0.3 is 10.2 Å². The predicted molar refractivity (Wildman–Crippen MR) is 150 cm³/mol. The number of halogens is 3. The minimum Gasteiger partial charge on any atom is -0.322 e. The van der Waals surface area contributed by atoms with Crippen LogP contribution in [0.1, 0.15) is 39.0 Å². The molecule has 4 aromatic rings. The Labute approximate surface area is 231 Å². The lowest BCUT2D eigenvalue weighted by Crippen LogP contribution is -2.31. The highest BCUT2D eigenvalue weighted by atomic mass is 19.4. The number of likely N-dealkylation sites (tertiary alicyclic amines) is 1. The van der Waals surface area contributed by atoms with Crippen molar-refractivity contribution in [1.82, 2.24) is 19.4 Å². The molecule has 0 aliphatic carbocycles. The number of alkyl halides is 3. The Balaban J connectivity index is 1.34. The SMILES string of the molecule is Cc1ccc(C(=O)Nc2ccc(CN3CC[C@@H](N(C)C)C3)c(C(F)(F)F)c2)cc1C#Cn1cnc2ccccc21. The van der Waals surface area contributed by atoms with Crippen molar-refractivity contribution in [2.45, 2.75) is 32.1 Å². The summed E-state index contributed by atoms with van der Waals surface area (Å²) in [7, 11) is 3.97. The van der Waals surface area contributed by atoms with Gasteiger partial charge in [-0.15, -0.1) is 0 Å². The van der Waals surface area contributed by atoms with Crippen LogP contribution < -0.4 is 5.32 Å². The lowest BCUT2D eigenvalue weighted by Gasteiger charge is -2.22. The maximum atomic E-state index is 14.0. The van der Waals surface area contributed by atoms with Gasteiger partial charge in [-0.3, -0.25) is 14.3 Å². The first-order chi connectivity index (χ1) is 19.1. The Kier molecular flexibility index (Phi) is 7.66. The lowest BCUT2D eigenvalue weighted by atomic mass is 10.0. The van der Waals surface area contributed by atoms with Gasteiger partial charge in [-0.05, 0) is 80.9 Å². The summed E-state index contributed by atoms with van der Waals surface area (Å²) < 4.78 is 43.7. The van der Waals surface area contributed by atoms with Gasteiger partial charge in [0.15, 0.2) is 0 Å². The molecule has 3 aromatic carbocycles. The second-order valence-corrected chi connectivity index (χ2v) is 10.3. The number of hydrogen-bond donors (Lipinski definition) is 1. The molecular weight excluding hydrogens is 515 g/mol. The number of imidazole rings is 1. The average Bonchev–Trinajstić information content (AvgIpc) is 3.56. The third-order valence-corrected chi connectivity index (χ3v) is 7.31. The minimum absolute atomic E-state index is 0.0896. The van der Waals surface area contributed by atoms with Gasteiger partial charge in [0.25, 0.3) is 5.91 Å². The molecular formula is C31H30F3N5O. The number of nitrogens with one attached hydrogen (secondary N) is 1. The third kappa shape index (κ3) is 6.03. The molecule has 0 bridgehead atoms. The first-order valence-corrected chi connectivity index (χ1v) is 13.0. The van der Waals surface area contributed by atoms with Gasteiger partial charge in [0.05, 0.1) is 16.6 Å². The van der Waals surface area contributed by atoms with E-state index >= 15 is 0 Å². The van der Waals surface area contributed by atoms with Crippen molar-refractivity contribution in [2.24, 2.45) is 0 Å². The van der Waals surface area contributed by atoms with E-state index in [-0.39, 0.29) is 17.8 Å². The summed E-state index contributed by atoms with van der Waals surface area (Å²) in [6, 6.07) is 20.1. The number of aromatic nitrogens is 2. The number of benzene rings is 3. The maximum Gasteiger partial charge on any atom is 0.416 e. The van der Waals surface area contributed by atoms with E-state index in [0.29, 0.717) is 17.2 Å². The number of rotatable bonds is 5. The molecule has 206 valence electrons. The van der Waals surface area contributed by atoms with Crippen LogP contribution in [0.15, 0.2) is 67.0 Å². The number of aryl methyl sites for hydroxylation is 1. The quantitative estimate of drug-likeness (QED) is 0.332. The van der Waals surface area contributed by atoms with Crippen LogP contribution in [0.25, 0.3) is 11.0 Å². The number of amides is 1. The fraction of sp³-hybridized carbons (Fsp3) is 0.290. The number of fused-ring (bicyclic) bond motifs is 1. The topological polar surface area (TPSA) is 53.4 Å². The summed E-state index contributed by atoms with van der Waals surface area (Å²) >= 11 is 0. The molecule has 1 atom stereocenters. The maximum absolute atomic E-state index is 14.0. The van der Waals surface area contributed by atoms with Gasteiger partial charge >= 0.3 is 6.18 Å². The Hall–Kier alpha value is -4.13. The molecule has 1 amide bonds. The van der Waals surface area contributed by atoms with Gasteiger partial charge in [0.2, 0.25) is 0 Å². The number of carbonyl (C=O) groups is 1. The zero-order valence-corrected chi connectivity index (χ0v) is 22.6. The van der Waals surface area contributed by atoms with Crippen LogP contribution in [0.3, 0.4) is 0 Å². The molecule has 9 heteroatoms. The number of carbonyl (C=O) groups excluding carboxylic acids is 1. The van der Waals surface area contributed by atoms with E-state index in [1.54, 1.807) is 29.1 Å². The van der Waals surface area contributed by atoms with Gasteiger partial charge in [-0.2, -0.15) is 13.2 Å². The van der Waals surface area contributed by atoms with Crippen LogP contribution in [0.5, 0.6) is 0 Å². The Morgan fingerprint density at radius 2 is 1.93 bits per heavy atom. The zero-order chi connectivity index (χ0) is 28.4. The van der Waals surface area contributed by atoms with Crippen molar-refractivity contribution in [3.63, 3.8) is 0 Å². The van der Waals surface area contributed by atoms with Crippen LogP contribution in [0.2, 0.25) is 0 Å². The highest BCUT2D eigenvalue weighted by Gasteiger charge is 2.35. The van der Waals surface area contributed by atoms with E-state index in [1.165, 1.54) is 12.1 Å². The molecule has 6 nitrogen and oxygen atoms in total. The first-order valence-electron chi connectivity index (χ1n) is 13.0. The fourth-order valence-electron chi connectivity index (χ4n) is 4.94. The van der Waals surface area contributed by atoms with Gasteiger partial charge in [0.1, 0.15) is 6.33 Å². The summed E-state index contributed by atoms with van der Waals surface area (Å²) in [6.07, 6.45) is -1.99. The summed E-state index contributed by atoms with van der Waals surface area (Å²) in [6.45, 7) is 3.56. The Bertz CT molecular complexity index is 1610. The number of hydrogen-bond acceptors (Lipinski definition) is 4. The first kappa shape index (κ1) is 27.4. The molecule has 0 radical (unpaired) electrons. The predicted octanol–water partition coefficient (Wildman–Crippen LogP) is 5.61. The van der Waals surface area contributed by atoms with E-state index < -0.39 is 17.6 Å². The largest absolute Gasteiger partial charge is 0.416 e. The summed E-state index contributed by atoms with van der Waals surface area (Å²) in [5.41, 5.74) is 3.05. The lowest BCUT2D eigenvalue weighted by molar-refractivity contribution is -0.138. The van der Waals surface area contributed by atoms with E-state index in [9.17, 15) is 18.0 Å². The van der Waals surface area contributed by atoms with Crippen molar-refractivity contribution in [3.05, 3.63) is 94.8 Å². The Morgan fingerprint density at radius 1 is 1.12 bits per heavy atom. The average molecular weight is 546 g/mol. The van der Waals surface area contributed by atoms with E-state index in [0.717, 1.165) is 42.2 Å². The van der Waals surface area contributed by atoms with Crippen LogP contribution in [-0.2, 0) is 12.7 Å². The molecule has 0 unspecified atom stereocenters. The van der Waals surface area contributed by atoms with Crippen molar-refractivity contribution in [3.8, 4) is 12.0 Å². The third-order valence-electron chi connectivity index (χ3n) is 7.31. The van der Waals surface area contributed by atoms with Crippen molar-refractivity contribution < 1.29 is 18.0 Å². The van der Waals surface area contributed by atoms with Gasteiger partial charge in [0, 0.05) is 48.5 Å². The van der Waals surface area contributed by atoms with Crippen LogP contribution >= 0.6 is 0 Å². The number of likely N-dealkylation sites (N-methyl/N-ethyl adjacent to an activating group) is 1. The molecule has 1 aromatic heterocycles. The number of anilines is 1.